The van der Waals surface area contributed by atoms with Crippen molar-refractivity contribution in [3.8, 4) is 0 Å². The number of hydrogen-bond donors (Lipinski definition) is 3. The summed E-state index contributed by atoms with van der Waals surface area (Å²) in [5.41, 5.74) is 11.8. The number of nitrogens with zero attached hydrogens (tertiary/aromatic N) is 1. The molecule has 4 nitrogen and oxygen atoms in total. The van der Waals surface area contributed by atoms with Crippen molar-refractivity contribution in [1.82, 2.24) is 20.9 Å². The third-order valence-corrected chi connectivity index (χ3v) is 6.99. The van der Waals surface area contributed by atoms with E-state index in [0.29, 0.717) is 18.1 Å². The highest BCUT2D eigenvalue weighted by Crippen LogP contribution is 2.21. The summed E-state index contributed by atoms with van der Waals surface area (Å²) in [5, 5.41) is 11.0. The summed E-state index contributed by atoms with van der Waals surface area (Å²) in [7, 11) is 0. The Morgan fingerprint density at radius 2 is 1.08 bits per heavy atom. The summed E-state index contributed by atoms with van der Waals surface area (Å²) < 4.78 is 0. The van der Waals surface area contributed by atoms with Gasteiger partial charge in [0.25, 0.3) is 0 Å². The minimum atomic E-state index is 0.359. The van der Waals surface area contributed by atoms with Gasteiger partial charge in [-0.1, -0.05) is 34.9 Å². The molecule has 1 aromatic rings. The van der Waals surface area contributed by atoms with Gasteiger partial charge >= 0.3 is 0 Å². The van der Waals surface area contributed by atoms with Gasteiger partial charge in [-0.25, -0.2) is 0 Å². The normalized spacial score (nSPS) is 23.7. The molecule has 3 N–H and O–H groups in total. The third-order valence-electron chi connectivity index (χ3n) is 6.99. The fraction of sp³-hybridized carbons (Fsp3) is 0.469. The average Bonchev–Trinajstić information content (AvgIpc) is 2.78. The molecule has 0 fully saturated rings. The lowest BCUT2D eigenvalue weighted by Gasteiger charge is -2.25. The van der Waals surface area contributed by atoms with Crippen molar-refractivity contribution in [3.63, 3.8) is 0 Å². The van der Waals surface area contributed by atoms with Gasteiger partial charge in [-0.15, -0.1) is 0 Å². The molecule has 4 rings (SSSR count). The van der Waals surface area contributed by atoms with Crippen LogP contribution in [-0.4, -0.2) is 23.1 Å². The fourth-order valence-corrected chi connectivity index (χ4v) is 5.64. The van der Waals surface area contributed by atoms with Gasteiger partial charge in [0.2, 0.25) is 0 Å². The zero-order chi connectivity index (χ0) is 25.7. The SMILES string of the molecule is CC1=CC(C)NC(CCC2=CC(C)=CC(CCc3cc(C)cc(CCC4=CC(C)=CC(C)N4)n3)N2)=C1. The third kappa shape index (κ3) is 7.74. The molecule has 0 bridgehead atoms. The second-order valence-corrected chi connectivity index (χ2v) is 11.0. The second kappa shape index (κ2) is 11.8. The van der Waals surface area contributed by atoms with E-state index in [4.69, 9.17) is 4.98 Å². The molecule has 0 radical (unpaired) electrons. The molecule has 3 unspecified atom stereocenters. The molecule has 0 spiro atoms. The Bertz CT molecular complexity index is 1140. The highest BCUT2D eigenvalue weighted by atomic mass is 14.9. The number of nitrogens with one attached hydrogen (secondary N) is 3. The average molecular weight is 485 g/mol. The van der Waals surface area contributed by atoms with Crippen molar-refractivity contribution < 1.29 is 0 Å². The number of rotatable bonds is 9. The molecule has 4 heteroatoms. The number of aryl methyl sites for hydroxylation is 3. The van der Waals surface area contributed by atoms with Crippen LogP contribution in [0.2, 0.25) is 0 Å². The van der Waals surface area contributed by atoms with E-state index in [9.17, 15) is 0 Å². The van der Waals surface area contributed by atoms with Crippen molar-refractivity contribution >= 4 is 0 Å². The van der Waals surface area contributed by atoms with Gasteiger partial charge in [-0.05, 0) is 116 Å². The Hall–Kier alpha value is -3.01. The maximum absolute atomic E-state index is 5.04. The van der Waals surface area contributed by atoms with Crippen LogP contribution in [0, 0.1) is 6.92 Å². The summed E-state index contributed by atoms with van der Waals surface area (Å²) >= 11 is 0. The molecule has 1 aromatic heterocycles. The van der Waals surface area contributed by atoms with Crippen molar-refractivity contribution in [1.29, 1.82) is 0 Å². The number of hydrogen-bond acceptors (Lipinski definition) is 4. The topological polar surface area (TPSA) is 49.0 Å². The van der Waals surface area contributed by atoms with Gasteiger partial charge in [0.15, 0.2) is 0 Å². The highest BCUT2D eigenvalue weighted by Gasteiger charge is 2.15. The summed E-state index contributed by atoms with van der Waals surface area (Å²) in [4.78, 5) is 5.04. The predicted molar refractivity (Wildman–Crippen MR) is 152 cm³/mol. The lowest BCUT2D eigenvalue weighted by molar-refractivity contribution is 0.575. The van der Waals surface area contributed by atoms with E-state index in [2.05, 4.69) is 106 Å². The summed E-state index contributed by atoms with van der Waals surface area (Å²) in [6, 6.07) is 5.68. The van der Waals surface area contributed by atoms with Crippen molar-refractivity contribution in [2.24, 2.45) is 0 Å². The van der Waals surface area contributed by atoms with Crippen LogP contribution in [0.15, 0.2) is 82.4 Å². The molecule has 3 aliphatic heterocycles. The molecule has 192 valence electrons. The van der Waals surface area contributed by atoms with Crippen LogP contribution in [-0.2, 0) is 12.8 Å². The molecule has 36 heavy (non-hydrogen) atoms. The summed E-state index contributed by atoms with van der Waals surface area (Å²) in [6.45, 7) is 13.2. The zero-order valence-electron chi connectivity index (χ0n) is 23.0. The lowest BCUT2D eigenvalue weighted by atomic mass is 9.98. The van der Waals surface area contributed by atoms with E-state index in [1.54, 1.807) is 0 Å². The van der Waals surface area contributed by atoms with Crippen LogP contribution < -0.4 is 16.0 Å². The van der Waals surface area contributed by atoms with E-state index in [0.717, 1.165) is 38.5 Å². The van der Waals surface area contributed by atoms with Crippen LogP contribution in [0.1, 0.15) is 77.3 Å². The smallest absolute Gasteiger partial charge is 0.0450 e. The quantitative estimate of drug-likeness (QED) is 0.375. The minimum Gasteiger partial charge on any atom is -0.382 e. The lowest BCUT2D eigenvalue weighted by Crippen LogP contribution is -2.31. The molecule has 0 saturated carbocycles. The minimum absolute atomic E-state index is 0.359. The first-order valence-corrected chi connectivity index (χ1v) is 13.6. The van der Waals surface area contributed by atoms with Crippen molar-refractivity contribution in [2.45, 2.75) is 98.2 Å². The van der Waals surface area contributed by atoms with Crippen LogP contribution in [0.5, 0.6) is 0 Å². The first-order valence-electron chi connectivity index (χ1n) is 13.6. The molecule has 3 aliphatic rings. The number of allylic oxidation sites excluding steroid dienone is 9. The maximum atomic E-state index is 5.04. The Morgan fingerprint density at radius 1 is 0.611 bits per heavy atom. The fourth-order valence-electron chi connectivity index (χ4n) is 5.64. The van der Waals surface area contributed by atoms with Gasteiger partial charge in [-0.3, -0.25) is 4.98 Å². The van der Waals surface area contributed by atoms with E-state index < -0.39 is 0 Å². The largest absolute Gasteiger partial charge is 0.382 e. The first-order chi connectivity index (χ1) is 17.2. The Labute approximate surface area is 218 Å². The highest BCUT2D eigenvalue weighted by molar-refractivity contribution is 5.32. The molecule has 0 aliphatic carbocycles. The molecule has 3 atom stereocenters. The molecule has 0 saturated heterocycles. The van der Waals surface area contributed by atoms with Gasteiger partial charge in [-0.2, -0.15) is 0 Å². The number of aromatic nitrogens is 1. The van der Waals surface area contributed by atoms with Gasteiger partial charge in [0.1, 0.15) is 0 Å². The van der Waals surface area contributed by atoms with Crippen LogP contribution >= 0.6 is 0 Å². The molecule has 0 amide bonds. The van der Waals surface area contributed by atoms with Crippen molar-refractivity contribution in [3.05, 3.63) is 99.4 Å². The zero-order valence-corrected chi connectivity index (χ0v) is 23.0. The number of dihydropyridines is 3. The Morgan fingerprint density at radius 3 is 1.64 bits per heavy atom. The van der Waals surface area contributed by atoms with Crippen LogP contribution in [0.4, 0.5) is 0 Å². The molecular formula is C32H44N4. The Balaban J connectivity index is 1.30. The van der Waals surface area contributed by atoms with E-state index in [1.807, 2.05) is 0 Å². The summed E-state index contributed by atoms with van der Waals surface area (Å²) in [6.07, 6.45) is 19.9. The van der Waals surface area contributed by atoms with Gasteiger partial charge < -0.3 is 16.0 Å². The number of pyridine rings is 1. The van der Waals surface area contributed by atoms with Gasteiger partial charge in [0.05, 0.1) is 0 Å². The standard InChI is InChI=1S/C32H44N4/c1-21-13-25(5)33-27(15-21)7-9-29-17-23(3)19-31(35-29)11-12-32-20-24(4)18-30(36-32)10-8-28-16-22(2)14-26(6)34-28/h13-20,25-26,31,33-35H,7-12H2,1-6H3. The predicted octanol–water partition coefficient (Wildman–Crippen LogP) is 6.48. The maximum Gasteiger partial charge on any atom is 0.0450 e. The van der Waals surface area contributed by atoms with Gasteiger partial charge in [0, 0.05) is 46.6 Å². The monoisotopic (exact) mass is 484 g/mol. The van der Waals surface area contributed by atoms with E-state index in [1.165, 1.54) is 50.8 Å². The first kappa shape index (κ1) is 26.1. The Kier molecular flexibility index (Phi) is 8.56. The molecule has 0 aromatic carbocycles. The summed E-state index contributed by atoms with van der Waals surface area (Å²) in [5.74, 6) is 0. The van der Waals surface area contributed by atoms with E-state index in [-0.39, 0.29) is 0 Å². The molecular weight excluding hydrogens is 440 g/mol. The second-order valence-electron chi connectivity index (χ2n) is 11.0. The van der Waals surface area contributed by atoms with Crippen LogP contribution in [0.3, 0.4) is 0 Å². The van der Waals surface area contributed by atoms with E-state index >= 15 is 0 Å². The van der Waals surface area contributed by atoms with Crippen molar-refractivity contribution in [2.75, 3.05) is 0 Å². The van der Waals surface area contributed by atoms with Crippen LogP contribution in [0.25, 0.3) is 0 Å². The molecule has 4 heterocycles.